The van der Waals surface area contributed by atoms with E-state index in [0.717, 1.165) is 5.69 Å². The molecule has 0 bridgehead atoms. The van der Waals surface area contributed by atoms with Crippen molar-refractivity contribution in [2.24, 2.45) is 0 Å². The highest BCUT2D eigenvalue weighted by molar-refractivity contribution is 6.14. The van der Waals surface area contributed by atoms with Gasteiger partial charge in [0.05, 0.1) is 27.5 Å². The summed E-state index contributed by atoms with van der Waals surface area (Å²) in [6, 6.07) is 89.6. The Labute approximate surface area is 366 Å². The predicted molar refractivity (Wildman–Crippen MR) is 263 cm³/mol. The van der Waals surface area contributed by atoms with Crippen molar-refractivity contribution >= 4 is 43.6 Å². The Morgan fingerprint density at radius 2 is 0.746 bits per heavy atom. The number of para-hydroxylation sites is 2. The molecule has 0 atom stereocenters. The number of fused-ring (bicyclic) bond motifs is 9. The highest BCUT2D eigenvalue weighted by atomic mass is 15.0. The fourth-order valence-electron chi connectivity index (χ4n) is 10.9. The molecule has 0 amide bonds. The van der Waals surface area contributed by atoms with Crippen molar-refractivity contribution in [3.8, 4) is 44.8 Å². The van der Waals surface area contributed by atoms with Gasteiger partial charge in [-0.1, -0.05) is 176 Å². The highest BCUT2D eigenvalue weighted by Gasteiger charge is 2.46. The van der Waals surface area contributed by atoms with E-state index in [1.54, 1.807) is 0 Å². The summed E-state index contributed by atoms with van der Waals surface area (Å²) in [5.41, 5.74) is 19.1. The minimum absolute atomic E-state index is 0.500. The van der Waals surface area contributed by atoms with E-state index in [-0.39, 0.29) is 0 Å². The quantitative estimate of drug-likeness (QED) is 0.159. The van der Waals surface area contributed by atoms with Gasteiger partial charge in [-0.2, -0.15) is 0 Å². The molecule has 2 nitrogen and oxygen atoms in total. The molecule has 12 aromatic rings. The van der Waals surface area contributed by atoms with E-state index in [1.807, 2.05) is 0 Å². The number of benzene rings is 10. The first-order valence-corrected chi connectivity index (χ1v) is 21.8. The van der Waals surface area contributed by atoms with Gasteiger partial charge in [0.2, 0.25) is 0 Å². The van der Waals surface area contributed by atoms with Crippen molar-refractivity contribution in [3.63, 3.8) is 0 Å². The first-order chi connectivity index (χ1) is 31.3. The number of hydrogen-bond acceptors (Lipinski definition) is 0. The van der Waals surface area contributed by atoms with Gasteiger partial charge >= 0.3 is 0 Å². The van der Waals surface area contributed by atoms with E-state index < -0.39 is 5.41 Å². The average molecular weight is 801 g/mol. The molecule has 1 aliphatic carbocycles. The zero-order valence-electron chi connectivity index (χ0n) is 34.5. The fraction of sp³-hybridized carbons (Fsp3) is 0.0164. The number of rotatable bonds is 6. The molecular formula is C61H40N2. The zero-order valence-corrected chi connectivity index (χ0v) is 34.5. The van der Waals surface area contributed by atoms with Gasteiger partial charge < -0.3 is 9.13 Å². The number of nitrogens with zero attached hydrogens (tertiary/aromatic N) is 2. The molecule has 0 spiro atoms. The first kappa shape index (κ1) is 35.5. The predicted octanol–water partition coefficient (Wildman–Crippen LogP) is 15.6. The molecule has 0 unspecified atom stereocenters. The van der Waals surface area contributed by atoms with Crippen LogP contribution in [-0.2, 0) is 5.41 Å². The molecule has 13 rings (SSSR count). The molecule has 1 aliphatic rings. The van der Waals surface area contributed by atoms with E-state index >= 15 is 0 Å². The monoisotopic (exact) mass is 800 g/mol. The van der Waals surface area contributed by atoms with Crippen LogP contribution in [-0.4, -0.2) is 9.13 Å². The van der Waals surface area contributed by atoms with Crippen LogP contribution >= 0.6 is 0 Å². The molecule has 2 heterocycles. The minimum Gasteiger partial charge on any atom is -0.309 e. The van der Waals surface area contributed by atoms with Gasteiger partial charge in [-0.3, -0.25) is 0 Å². The second kappa shape index (κ2) is 13.9. The van der Waals surface area contributed by atoms with E-state index in [9.17, 15) is 0 Å². The fourth-order valence-corrected chi connectivity index (χ4v) is 10.9. The summed E-state index contributed by atoms with van der Waals surface area (Å²) >= 11 is 0. The molecule has 2 aromatic heterocycles. The van der Waals surface area contributed by atoms with Crippen molar-refractivity contribution in [3.05, 3.63) is 265 Å². The normalized spacial score (nSPS) is 12.9. The topological polar surface area (TPSA) is 9.86 Å². The van der Waals surface area contributed by atoms with E-state index in [4.69, 9.17) is 0 Å². The smallest absolute Gasteiger partial charge is 0.0713 e. The standard InChI is InChI=1S/C61H40N2/c1-5-18-41(19-6-1)42-20-17-27-48(36-42)63-59-35-33-44(43-32-34-58-52(37-43)50-29-14-16-31-57(50)62(58)47-25-11-4-12-26-47)38-53(59)54-39-56-51(40-60(54)63)49-28-13-15-30-55(49)61(56,45-21-7-2-8-22-45)46-23-9-3-10-24-46/h1-40H. The molecule has 0 aliphatic heterocycles. The lowest BCUT2D eigenvalue weighted by atomic mass is 9.67. The lowest BCUT2D eigenvalue weighted by Crippen LogP contribution is -2.28. The summed E-state index contributed by atoms with van der Waals surface area (Å²) in [5.74, 6) is 0. The van der Waals surface area contributed by atoms with Gasteiger partial charge in [0.25, 0.3) is 0 Å². The van der Waals surface area contributed by atoms with Gasteiger partial charge in [0.1, 0.15) is 0 Å². The Hall–Kier alpha value is -8.20. The summed E-state index contributed by atoms with van der Waals surface area (Å²) < 4.78 is 4.88. The Bertz CT molecular complexity index is 3670. The Morgan fingerprint density at radius 3 is 1.44 bits per heavy atom. The third kappa shape index (κ3) is 5.25. The third-order valence-electron chi connectivity index (χ3n) is 13.6. The second-order valence-electron chi connectivity index (χ2n) is 16.8. The molecule has 2 heteroatoms. The molecule has 0 radical (unpaired) electrons. The largest absolute Gasteiger partial charge is 0.309 e. The van der Waals surface area contributed by atoms with Crippen molar-refractivity contribution in [1.82, 2.24) is 9.13 Å². The van der Waals surface area contributed by atoms with Crippen LogP contribution in [0.5, 0.6) is 0 Å². The highest BCUT2D eigenvalue weighted by Crippen LogP contribution is 2.57. The van der Waals surface area contributed by atoms with E-state index in [2.05, 4.69) is 252 Å². The molecule has 0 saturated heterocycles. The summed E-state index contributed by atoms with van der Waals surface area (Å²) in [7, 11) is 0. The SMILES string of the molecule is c1ccc(-c2cccc(-n3c4ccc(-c5ccc6c(c5)c5ccccc5n6-c5ccccc5)cc4c4cc5c(cc43)-c3ccccc3C5(c3ccccc3)c3ccccc3)c2)cc1. The van der Waals surface area contributed by atoms with Crippen LogP contribution in [0.4, 0.5) is 0 Å². The molecule has 0 N–H and O–H groups in total. The van der Waals surface area contributed by atoms with Crippen LogP contribution in [0.15, 0.2) is 243 Å². The second-order valence-corrected chi connectivity index (χ2v) is 16.8. The molecule has 294 valence electrons. The third-order valence-corrected chi connectivity index (χ3v) is 13.6. The molecule has 0 saturated carbocycles. The van der Waals surface area contributed by atoms with Gasteiger partial charge in [0.15, 0.2) is 0 Å². The van der Waals surface area contributed by atoms with Gasteiger partial charge in [-0.25, -0.2) is 0 Å². The summed E-state index contributed by atoms with van der Waals surface area (Å²) in [5, 5.41) is 4.97. The molecular weight excluding hydrogens is 761 g/mol. The molecule has 0 fully saturated rings. The van der Waals surface area contributed by atoms with Crippen molar-refractivity contribution in [2.45, 2.75) is 5.41 Å². The van der Waals surface area contributed by atoms with E-state index in [1.165, 1.54) is 105 Å². The minimum atomic E-state index is -0.500. The van der Waals surface area contributed by atoms with Gasteiger partial charge in [-0.05, 0) is 122 Å². The van der Waals surface area contributed by atoms with Crippen molar-refractivity contribution in [2.75, 3.05) is 0 Å². The first-order valence-electron chi connectivity index (χ1n) is 21.8. The molecule has 10 aromatic carbocycles. The van der Waals surface area contributed by atoms with Crippen LogP contribution in [0.2, 0.25) is 0 Å². The Morgan fingerprint density at radius 1 is 0.254 bits per heavy atom. The maximum atomic E-state index is 2.53. The maximum absolute atomic E-state index is 2.53. The van der Waals surface area contributed by atoms with Crippen LogP contribution in [0.3, 0.4) is 0 Å². The van der Waals surface area contributed by atoms with E-state index in [0.29, 0.717) is 0 Å². The number of hydrogen-bond donors (Lipinski definition) is 0. The van der Waals surface area contributed by atoms with Crippen molar-refractivity contribution < 1.29 is 0 Å². The van der Waals surface area contributed by atoms with Crippen molar-refractivity contribution in [1.29, 1.82) is 0 Å². The van der Waals surface area contributed by atoms with Gasteiger partial charge in [-0.15, -0.1) is 0 Å². The summed E-state index contributed by atoms with van der Waals surface area (Å²) in [6.45, 7) is 0. The van der Waals surface area contributed by atoms with Crippen LogP contribution in [0.25, 0.3) is 88.4 Å². The Balaban J connectivity index is 1.10. The number of aromatic nitrogens is 2. The Kier molecular flexibility index (Phi) is 7.85. The average Bonchev–Trinajstić information content (AvgIpc) is 3.97. The molecule has 63 heavy (non-hydrogen) atoms. The van der Waals surface area contributed by atoms with Crippen LogP contribution in [0.1, 0.15) is 22.3 Å². The van der Waals surface area contributed by atoms with Crippen LogP contribution in [0, 0.1) is 0 Å². The lowest BCUT2D eigenvalue weighted by Gasteiger charge is -2.34. The zero-order chi connectivity index (χ0) is 41.5. The van der Waals surface area contributed by atoms with Gasteiger partial charge in [0, 0.05) is 32.9 Å². The maximum Gasteiger partial charge on any atom is 0.0713 e. The van der Waals surface area contributed by atoms with Crippen LogP contribution < -0.4 is 0 Å². The summed E-state index contributed by atoms with van der Waals surface area (Å²) in [4.78, 5) is 0. The summed E-state index contributed by atoms with van der Waals surface area (Å²) in [6.07, 6.45) is 0. The lowest BCUT2D eigenvalue weighted by molar-refractivity contribution is 0.769.